The van der Waals surface area contributed by atoms with Crippen molar-refractivity contribution in [2.75, 3.05) is 26.2 Å². The highest BCUT2D eigenvalue weighted by atomic mass is 16.2. The van der Waals surface area contributed by atoms with Crippen LogP contribution in [0.2, 0.25) is 0 Å². The van der Waals surface area contributed by atoms with Gasteiger partial charge in [-0.15, -0.1) is 0 Å². The molecular formula is C10H19N3O. The van der Waals surface area contributed by atoms with Crippen LogP contribution in [-0.4, -0.2) is 43.0 Å². The summed E-state index contributed by atoms with van der Waals surface area (Å²) in [6, 6.07) is 0.506. The highest BCUT2D eigenvalue weighted by Gasteiger charge is 2.27. The van der Waals surface area contributed by atoms with Crippen molar-refractivity contribution < 1.29 is 4.79 Å². The summed E-state index contributed by atoms with van der Waals surface area (Å²) < 4.78 is 0. The van der Waals surface area contributed by atoms with Gasteiger partial charge in [-0.3, -0.25) is 4.79 Å². The third-order valence-electron chi connectivity index (χ3n) is 3.11. The van der Waals surface area contributed by atoms with Gasteiger partial charge in [0.25, 0.3) is 0 Å². The van der Waals surface area contributed by atoms with E-state index >= 15 is 0 Å². The molecule has 1 aliphatic heterocycles. The molecule has 0 aromatic rings. The summed E-state index contributed by atoms with van der Waals surface area (Å²) in [5.74, 6) is 0.995. The lowest BCUT2D eigenvalue weighted by atomic mass is 10.2. The molecule has 1 heterocycles. The Morgan fingerprint density at radius 3 is 2.86 bits per heavy atom. The zero-order valence-electron chi connectivity index (χ0n) is 8.54. The standard InChI is InChI=1S/C10H19N3O/c11-5-10(14)13-4-3-9(7-13)12-6-8-1-2-8/h8-9,12H,1-7,11H2/t9-/m0/s1. The van der Waals surface area contributed by atoms with Gasteiger partial charge in [-0.1, -0.05) is 0 Å². The number of amides is 1. The van der Waals surface area contributed by atoms with Crippen LogP contribution in [0, 0.1) is 5.92 Å². The maximum absolute atomic E-state index is 11.3. The predicted molar refractivity (Wildman–Crippen MR) is 54.8 cm³/mol. The molecule has 1 saturated carbocycles. The Kier molecular flexibility index (Phi) is 3.03. The molecule has 0 bridgehead atoms. The van der Waals surface area contributed by atoms with Crippen molar-refractivity contribution >= 4 is 5.91 Å². The molecule has 2 rings (SSSR count). The molecule has 80 valence electrons. The van der Waals surface area contributed by atoms with E-state index < -0.39 is 0 Å². The average Bonchev–Trinajstić information content (AvgIpc) is 2.92. The summed E-state index contributed by atoms with van der Waals surface area (Å²) >= 11 is 0. The molecule has 4 nitrogen and oxygen atoms in total. The second kappa shape index (κ2) is 4.28. The van der Waals surface area contributed by atoms with E-state index in [2.05, 4.69) is 5.32 Å². The number of carbonyl (C=O) groups excluding carboxylic acids is 1. The molecule has 2 fully saturated rings. The van der Waals surface area contributed by atoms with Crippen LogP contribution in [0.3, 0.4) is 0 Å². The van der Waals surface area contributed by atoms with Crippen LogP contribution in [0.25, 0.3) is 0 Å². The third kappa shape index (κ3) is 2.45. The molecule has 14 heavy (non-hydrogen) atoms. The summed E-state index contributed by atoms with van der Waals surface area (Å²) in [6.45, 7) is 3.01. The molecule has 0 spiro atoms. The number of hydrogen-bond acceptors (Lipinski definition) is 3. The third-order valence-corrected chi connectivity index (χ3v) is 3.11. The first kappa shape index (κ1) is 9.93. The van der Waals surface area contributed by atoms with Gasteiger partial charge in [0.15, 0.2) is 0 Å². The van der Waals surface area contributed by atoms with Crippen LogP contribution in [0.4, 0.5) is 0 Å². The molecule has 1 atom stereocenters. The van der Waals surface area contributed by atoms with Crippen LogP contribution in [0.5, 0.6) is 0 Å². The number of hydrogen-bond donors (Lipinski definition) is 2. The summed E-state index contributed by atoms with van der Waals surface area (Å²) in [7, 11) is 0. The normalized spacial score (nSPS) is 26.9. The Hall–Kier alpha value is -0.610. The Labute approximate surface area is 84.8 Å². The fourth-order valence-electron chi connectivity index (χ4n) is 1.94. The zero-order valence-corrected chi connectivity index (χ0v) is 8.54. The zero-order chi connectivity index (χ0) is 9.97. The number of nitrogens with zero attached hydrogens (tertiary/aromatic N) is 1. The molecule has 4 heteroatoms. The lowest BCUT2D eigenvalue weighted by molar-refractivity contribution is -0.128. The van der Waals surface area contributed by atoms with Gasteiger partial charge in [-0.05, 0) is 31.7 Å². The number of nitrogens with two attached hydrogens (primary N) is 1. The van der Waals surface area contributed by atoms with Gasteiger partial charge in [0.05, 0.1) is 6.54 Å². The van der Waals surface area contributed by atoms with Crippen LogP contribution < -0.4 is 11.1 Å². The SMILES string of the molecule is NCC(=O)N1CC[C@H](NCC2CC2)C1. The summed E-state index contributed by atoms with van der Waals surface area (Å²) in [6.07, 6.45) is 3.84. The number of rotatable bonds is 4. The van der Waals surface area contributed by atoms with Crippen molar-refractivity contribution in [3.63, 3.8) is 0 Å². The van der Waals surface area contributed by atoms with Gasteiger partial charge in [0.1, 0.15) is 0 Å². The van der Waals surface area contributed by atoms with Gasteiger partial charge in [-0.25, -0.2) is 0 Å². The number of likely N-dealkylation sites (tertiary alicyclic amines) is 1. The van der Waals surface area contributed by atoms with Crippen molar-refractivity contribution in [3.8, 4) is 0 Å². The first-order chi connectivity index (χ1) is 6.79. The topological polar surface area (TPSA) is 58.4 Å². The van der Waals surface area contributed by atoms with Crippen molar-refractivity contribution in [2.24, 2.45) is 11.7 Å². The fourth-order valence-corrected chi connectivity index (χ4v) is 1.94. The van der Waals surface area contributed by atoms with Crippen LogP contribution in [-0.2, 0) is 4.79 Å². The van der Waals surface area contributed by atoms with Crippen molar-refractivity contribution in [2.45, 2.75) is 25.3 Å². The monoisotopic (exact) mass is 197 g/mol. The molecule has 1 amide bonds. The Bertz CT molecular complexity index is 215. The van der Waals surface area contributed by atoms with E-state index in [-0.39, 0.29) is 12.5 Å². The van der Waals surface area contributed by atoms with Crippen molar-refractivity contribution in [1.29, 1.82) is 0 Å². The quantitative estimate of drug-likeness (QED) is 0.641. The average molecular weight is 197 g/mol. The largest absolute Gasteiger partial charge is 0.340 e. The van der Waals surface area contributed by atoms with E-state index in [1.165, 1.54) is 12.8 Å². The molecular weight excluding hydrogens is 178 g/mol. The molecule has 0 aromatic carbocycles. The Morgan fingerprint density at radius 2 is 2.21 bits per heavy atom. The molecule has 3 N–H and O–H groups in total. The smallest absolute Gasteiger partial charge is 0.236 e. The number of carbonyl (C=O) groups is 1. The van der Waals surface area contributed by atoms with E-state index in [0.717, 1.165) is 32.0 Å². The van der Waals surface area contributed by atoms with E-state index in [9.17, 15) is 4.79 Å². The Balaban J connectivity index is 1.67. The van der Waals surface area contributed by atoms with Crippen molar-refractivity contribution in [3.05, 3.63) is 0 Å². The minimum Gasteiger partial charge on any atom is -0.340 e. The van der Waals surface area contributed by atoms with E-state index in [1.807, 2.05) is 4.90 Å². The Morgan fingerprint density at radius 1 is 1.43 bits per heavy atom. The van der Waals surface area contributed by atoms with Crippen LogP contribution in [0.1, 0.15) is 19.3 Å². The maximum Gasteiger partial charge on any atom is 0.236 e. The molecule has 0 radical (unpaired) electrons. The highest BCUT2D eigenvalue weighted by molar-refractivity contribution is 5.78. The first-order valence-corrected chi connectivity index (χ1v) is 5.51. The minimum absolute atomic E-state index is 0.0840. The first-order valence-electron chi connectivity index (χ1n) is 5.51. The fraction of sp³-hybridized carbons (Fsp3) is 0.900. The minimum atomic E-state index is 0.0840. The van der Waals surface area contributed by atoms with Crippen LogP contribution >= 0.6 is 0 Å². The second-order valence-electron chi connectivity index (χ2n) is 4.38. The molecule has 0 aromatic heterocycles. The van der Waals surface area contributed by atoms with Crippen molar-refractivity contribution in [1.82, 2.24) is 10.2 Å². The summed E-state index contributed by atoms with van der Waals surface area (Å²) in [4.78, 5) is 13.1. The van der Waals surface area contributed by atoms with E-state index in [0.29, 0.717) is 6.04 Å². The van der Waals surface area contributed by atoms with Gasteiger partial charge < -0.3 is 16.0 Å². The van der Waals surface area contributed by atoms with Gasteiger partial charge in [0, 0.05) is 19.1 Å². The maximum atomic E-state index is 11.3. The van der Waals surface area contributed by atoms with Gasteiger partial charge >= 0.3 is 0 Å². The lowest BCUT2D eigenvalue weighted by Crippen LogP contribution is -2.38. The van der Waals surface area contributed by atoms with Gasteiger partial charge in [0.2, 0.25) is 5.91 Å². The number of nitrogens with one attached hydrogen (secondary N) is 1. The molecule has 1 saturated heterocycles. The second-order valence-corrected chi connectivity index (χ2v) is 4.38. The lowest BCUT2D eigenvalue weighted by Gasteiger charge is -2.15. The molecule has 0 unspecified atom stereocenters. The van der Waals surface area contributed by atoms with Crippen LogP contribution in [0.15, 0.2) is 0 Å². The summed E-state index contributed by atoms with van der Waals surface area (Å²) in [5, 5.41) is 3.52. The summed E-state index contributed by atoms with van der Waals surface area (Å²) in [5.41, 5.74) is 5.32. The van der Waals surface area contributed by atoms with E-state index in [1.54, 1.807) is 0 Å². The predicted octanol–water partition coefficient (Wildman–Crippen LogP) is -0.454. The van der Waals surface area contributed by atoms with E-state index in [4.69, 9.17) is 5.73 Å². The highest BCUT2D eigenvalue weighted by Crippen LogP contribution is 2.28. The van der Waals surface area contributed by atoms with Gasteiger partial charge in [-0.2, -0.15) is 0 Å². The molecule has 2 aliphatic rings. The molecule has 1 aliphatic carbocycles.